The van der Waals surface area contributed by atoms with E-state index in [1.807, 2.05) is 0 Å². The topological polar surface area (TPSA) is 54.3 Å². The number of hydrogen-bond donors (Lipinski definition) is 1. The van der Waals surface area contributed by atoms with Gasteiger partial charge in [0.1, 0.15) is 11.5 Å². The maximum absolute atomic E-state index is 14.1. The van der Waals surface area contributed by atoms with E-state index >= 15 is 0 Å². The van der Waals surface area contributed by atoms with Crippen molar-refractivity contribution in [1.82, 2.24) is 9.88 Å². The summed E-state index contributed by atoms with van der Waals surface area (Å²) in [6, 6.07) is 15.7. The fraction of sp³-hybridized carbons (Fsp3) is 0. The van der Waals surface area contributed by atoms with Gasteiger partial charge in [0.25, 0.3) is 5.91 Å². The second-order valence-electron chi connectivity index (χ2n) is 5.86. The van der Waals surface area contributed by atoms with Gasteiger partial charge in [-0.3, -0.25) is 4.79 Å². The van der Waals surface area contributed by atoms with Crippen LogP contribution in [-0.4, -0.2) is 16.5 Å². The molecule has 0 radical (unpaired) electrons. The van der Waals surface area contributed by atoms with Crippen molar-refractivity contribution in [2.75, 3.05) is 4.90 Å². The third-order valence-electron chi connectivity index (χ3n) is 4.13. The molecule has 3 amide bonds. The smallest absolute Gasteiger partial charge is 0.314 e. The van der Waals surface area contributed by atoms with Crippen LogP contribution < -0.4 is 10.2 Å². The second kappa shape index (κ2) is 6.74. The number of halogens is 2. The Balaban J connectivity index is 1.71. The van der Waals surface area contributed by atoms with Crippen molar-refractivity contribution in [2.45, 2.75) is 0 Å². The number of urea groups is 1. The summed E-state index contributed by atoms with van der Waals surface area (Å²) < 4.78 is 15.7. The minimum Gasteiger partial charge on any atom is -0.314 e. The second-order valence-corrected chi connectivity index (χ2v) is 6.30. The molecular weight excluding hydrogens is 369 g/mol. The predicted molar refractivity (Wildman–Crippen MR) is 101 cm³/mol. The van der Waals surface area contributed by atoms with Crippen molar-refractivity contribution in [3.05, 3.63) is 89.1 Å². The molecule has 0 saturated carbocycles. The third-order valence-corrected chi connectivity index (χ3v) is 4.36. The lowest BCUT2D eigenvalue weighted by molar-refractivity contribution is -0.113. The van der Waals surface area contributed by atoms with Gasteiger partial charge in [-0.15, -0.1) is 0 Å². The molecule has 27 heavy (non-hydrogen) atoms. The lowest BCUT2D eigenvalue weighted by Gasteiger charge is -2.11. The van der Waals surface area contributed by atoms with Crippen molar-refractivity contribution < 1.29 is 14.0 Å². The summed E-state index contributed by atoms with van der Waals surface area (Å²) in [7, 11) is 0. The van der Waals surface area contributed by atoms with Gasteiger partial charge in [-0.2, -0.15) is 0 Å². The molecule has 1 aliphatic rings. The maximum Gasteiger partial charge on any atom is 0.333 e. The van der Waals surface area contributed by atoms with Crippen LogP contribution in [0.15, 0.2) is 72.6 Å². The lowest BCUT2D eigenvalue weighted by atomic mass is 10.2. The van der Waals surface area contributed by atoms with Crippen LogP contribution in [0.2, 0.25) is 5.02 Å². The molecule has 0 atom stereocenters. The van der Waals surface area contributed by atoms with Gasteiger partial charge in [0.2, 0.25) is 0 Å². The van der Waals surface area contributed by atoms with Crippen LogP contribution in [0.5, 0.6) is 0 Å². The monoisotopic (exact) mass is 381 g/mol. The number of nitrogens with zero attached hydrogens (tertiary/aromatic N) is 2. The molecule has 2 heterocycles. The standard InChI is InChI=1S/C20H13ClFN3O2/c21-13-5-3-6-15(11-13)25-19(26)17(23-20(25)27)12-14-7-4-10-24(14)18-9-2-1-8-16(18)22/h1-12H,(H,23,27). The van der Waals surface area contributed by atoms with Gasteiger partial charge in [0.15, 0.2) is 0 Å². The van der Waals surface area contributed by atoms with Crippen molar-refractivity contribution in [3.8, 4) is 5.69 Å². The molecule has 1 aromatic heterocycles. The molecule has 1 aliphatic heterocycles. The van der Waals surface area contributed by atoms with Crippen LogP contribution in [0.3, 0.4) is 0 Å². The lowest BCUT2D eigenvalue weighted by Crippen LogP contribution is -2.30. The highest BCUT2D eigenvalue weighted by Crippen LogP contribution is 2.25. The molecule has 0 spiro atoms. The summed E-state index contributed by atoms with van der Waals surface area (Å²) in [5, 5.41) is 2.97. The molecule has 3 aromatic rings. The van der Waals surface area contributed by atoms with Crippen LogP contribution in [0.4, 0.5) is 14.9 Å². The molecular formula is C20H13ClFN3O2. The predicted octanol–water partition coefficient (Wildman–Crippen LogP) is 4.37. The number of anilines is 1. The Hall–Kier alpha value is -3.38. The zero-order valence-corrected chi connectivity index (χ0v) is 14.7. The summed E-state index contributed by atoms with van der Waals surface area (Å²) >= 11 is 5.95. The summed E-state index contributed by atoms with van der Waals surface area (Å²) in [6.45, 7) is 0. The third kappa shape index (κ3) is 3.11. The molecule has 134 valence electrons. The quantitative estimate of drug-likeness (QED) is 0.541. The van der Waals surface area contributed by atoms with E-state index in [1.54, 1.807) is 59.3 Å². The number of benzene rings is 2. The van der Waals surface area contributed by atoms with E-state index in [1.165, 1.54) is 18.2 Å². The van der Waals surface area contributed by atoms with Crippen LogP contribution in [0.1, 0.15) is 5.69 Å². The van der Waals surface area contributed by atoms with E-state index < -0.39 is 17.8 Å². The number of aromatic nitrogens is 1. The summed E-state index contributed by atoms with van der Waals surface area (Å²) in [4.78, 5) is 26.0. The van der Waals surface area contributed by atoms with Crippen molar-refractivity contribution in [2.24, 2.45) is 0 Å². The molecule has 5 nitrogen and oxygen atoms in total. The normalized spacial score (nSPS) is 15.5. The van der Waals surface area contributed by atoms with Crippen molar-refractivity contribution in [1.29, 1.82) is 0 Å². The zero-order chi connectivity index (χ0) is 19.0. The van der Waals surface area contributed by atoms with Gasteiger partial charge in [-0.05, 0) is 48.5 Å². The Morgan fingerprint density at radius 1 is 1.00 bits per heavy atom. The first kappa shape index (κ1) is 17.1. The largest absolute Gasteiger partial charge is 0.333 e. The maximum atomic E-state index is 14.1. The molecule has 0 bridgehead atoms. The van der Waals surface area contributed by atoms with Crippen LogP contribution in [0.25, 0.3) is 11.8 Å². The highest BCUT2D eigenvalue weighted by atomic mass is 35.5. The molecule has 0 unspecified atom stereocenters. The Morgan fingerprint density at radius 2 is 1.81 bits per heavy atom. The summed E-state index contributed by atoms with van der Waals surface area (Å²) in [5.74, 6) is -0.903. The first-order chi connectivity index (χ1) is 13.0. The summed E-state index contributed by atoms with van der Waals surface area (Å²) in [6.07, 6.45) is 3.19. The first-order valence-corrected chi connectivity index (χ1v) is 8.47. The molecule has 2 aromatic carbocycles. The number of amides is 3. The van der Waals surface area contributed by atoms with Gasteiger partial charge >= 0.3 is 6.03 Å². The number of imide groups is 1. The molecule has 1 N–H and O–H groups in total. The van der Waals surface area contributed by atoms with Gasteiger partial charge < -0.3 is 9.88 Å². The number of para-hydroxylation sites is 1. The minimum absolute atomic E-state index is 0.0938. The van der Waals surface area contributed by atoms with Crippen molar-refractivity contribution >= 4 is 35.3 Å². The average Bonchev–Trinajstić information content (AvgIpc) is 3.20. The highest BCUT2D eigenvalue weighted by molar-refractivity contribution is 6.32. The molecule has 4 rings (SSSR count). The van der Waals surface area contributed by atoms with E-state index in [4.69, 9.17) is 11.6 Å². The number of carbonyl (C=O) groups excluding carboxylic acids is 2. The van der Waals surface area contributed by atoms with Crippen molar-refractivity contribution in [3.63, 3.8) is 0 Å². The SMILES string of the molecule is O=C1NC(=Cc2cccn2-c2ccccc2F)C(=O)N1c1cccc(Cl)c1. The van der Waals surface area contributed by atoms with Gasteiger partial charge in [0, 0.05) is 16.9 Å². The van der Waals surface area contributed by atoms with E-state index in [2.05, 4.69) is 5.32 Å². The molecule has 1 saturated heterocycles. The van der Waals surface area contributed by atoms with E-state index in [-0.39, 0.29) is 5.70 Å². The van der Waals surface area contributed by atoms with Crippen LogP contribution in [-0.2, 0) is 4.79 Å². The zero-order valence-electron chi connectivity index (χ0n) is 13.9. The van der Waals surface area contributed by atoms with E-state index in [9.17, 15) is 14.0 Å². The molecule has 7 heteroatoms. The fourth-order valence-electron chi connectivity index (χ4n) is 2.91. The van der Waals surface area contributed by atoms with E-state index in [0.717, 1.165) is 4.90 Å². The Bertz CT molecular complexity index is 1090. The number of hydrogen-bond acceptors (Lipinski definition) is 2. The fourth-order valence-corrected chi connectivity index (χ4v) is 3.10. The van der Waals surface area contributed by atoms with Crippen LogP contribution in [0, 0.1) is 5.82 Å². The first-order valence-electron chi connectivity index (χ1n) is 8.09. The average molecular weight is 382 g/mol. The summed E-state index contributed by atoms with van der Waals surface area (Å²) in [5.41, 5.74) is 1.36. The van der Waals surface area contributed by atoms with Gasteiger partial charge in [0.05, 0.1) is 11.4 Å². The Labute approximate surface area is 159 Å². The number of carbonyl (C=O) groups is 2. The minimum atomic E-state index is -0.572. The molecule has 0 aliphatic carbocycles. The number of nitrogens with one attached hydrogen (secondary N) is 1. The van der Waals surface area contributed by atoms with Gasteiger partial charge in [-0.25, -0.2) is 14.1 Å². The highest BCUT2D eigenvalue weighted by Gasteiger charge is 2.35. The van der Waals surface area contributed by atoms with Crippen LogP contribution >= 0.6 is 11.6 Å². The number of rotatable bonds is 3. The van der Waals surface area contributed by atoms with E-state index in [0.29, 0.717) is 22.1 Å². The Morgan fingerprint density at radius 3 is 2.59 bits per heavy atom. The molecule has 1 fully saturated rings. The Kier molecular flexibility index (Phi) is 4.25. The van der Waals surface area contributed by atoms with Gasteiger partial charge in [-0.1, -0.05) is 29.8 Å².